The maximum Gasteiger partial charge on any atom is 0.276 e. The summed E-state index contributed by atoms with van der Waals surface area (Å²) in [5, 5.41) is 6.84. The molecule has 0 spiro atoms. The third-order valence-electron chi connectivity index (χ3n) is 4.89. The highest BCUT2D eigenvalue weighted by atomic mass is 16.5. The summed E-state index contributed by atoms with van der Waals surface area (Å²) in [6.45, 7) is 1.68. The summed E-state index contributed by atoms with van der Waals surface area (Å²) < 4.78 is 7.22. The zero-order valence-corrected chi connectivity index (χ0v) is 16.5. The van der Waals surface area contributed by atoms with Crippen LogP contribution in [0.2, 0.25) is 0 Å². The number of nitrogens with zero attached hydrogens (tertiary/aromatic N) is 3. The molecule has 30 heavy (non-hydrogen) atoms. The Labute approximate surface area is 172 Å². The predicted octanol–water partition coefficient (Wildman–Crippen LogP) is 1.69. The van der Waals surface area contributed by atoms with Gasteiger partial charge in [0.15, 0.2) is 5.69 Å². The van der Waals surface area contributed by atoms with E-state index in [9.17, 15) is 14.4 Å². The van der Waals surface area contributed by atoms with E-state index in [1.807, 2.05) is 30.3 Å². The lowest BCUT2D eigenvalue weighted by atomic mass is 10.2. The second kappa shape index (κ2) is 7.82. The second-order valence-electron chi connectivity index (χ2n) is 6.95. The maximum atomic E-state index is 12.9. The first-order valence-corrected chi connectivity index (χ1v) is 9.42. The van der Waals surface area contributed by atoms with Crippen LogP contribution >= 0.6 is 0 Å². The zero-order valence-electron chi connectivity index (χ0n) is 16.5. The van der Waals surface area contributed by atoms with Crippen molar-refractivity contribution in [3.05, 3.63) is 82.3 Å². The molecule has 8 nitrogen and oxygen atoms in total. The number of aryl methyl sites for hydroxylation is 1. The molecule has 2 heterocycles. The number of amides is 2. The van der Waals surface area contributed by atoms with Gasteiger partial charge in [0.25, 0.3) is 11.8 Å². The fourth-order valence-corrected chi connectivity index (χ4v) is 3.32. The highest BCUT2D eigenvalue weighted by Crippen LogP contribution is 2.29. The van der Waals surface area contributed by atoms with E-state index in [-0.39, 0.29) is 18.2 Å². The predicted molar refractivity (Wildman–Crippen MR) is 111 cm³/mol. The number of benzene rings is 2. The molecular formula is C22H20N4O4. The second-order valence-corrected chi connectivity index (χ2v) is 6.95. The summed E-state index contributed by atoms with van der Waals surface area (Å²) in [6.07, 6.45) is 0. The molecular weight excluding hydrogens is 384 g/mol. The van der Waals surface area contributed by atoms with E-state index in [1.54, 1.807) is 38.2 Å². The number of aromatic nitrogens is 2. The molecule has 1 N–H and O–H groups in total. The Morgan fingerprint density at radius 2 is 1.80 bits per heavy atom. The molecule has 4 rings (SSSR count). The number of anilines is 1. The van der Waals surface area contributed by atoms with Gasteiger partial charge in [-0.25, -0.2) is 4.68 Å². The van der Waals surface area contributed by atoms with E-state index in [2.05, 4.69) is 10.4 Å². The van der Waals surface area contributed by atoms with E-state index in [0.717, 1.165) is 0 Å². The third kappa shape index (κ3) is 3.55. The van der Waals surface area contributed by atoms with E-state index in [1.165, 1.54) is 15.6 Å². The average Bonchev–Trinajstić information content (AvgIpc) is 2.87. The molecule has 2 amide bonds. The quantitative estimate of drug-likeness (QED) is 0.717. The summed E-state index contributed by atoms with van der Waals surface area (Å²) in [5.74, 6) is -0.528. The standard InChI is InChI=1S/C22H20N4O4/c1-14-12-18(27)20(24-26(14)15-8-4-3-5-9-15)21(28)23-16-13-30-19-11-7-6-10-17(19)25(2)22(16)29/h3-12,16H,13H2,1-2H3,(H,23,28)/t16-/m0/s1. The van der Waals surface area contributed by atoms with E-state index < -0.39 is 17.4 Å². The van der Waals surface area contributed by atoms with E-state index in [0.29, 0.717) is 22.8 Å². The lowest BCUT2D eigenvalue weighted by Crippen LogP contribution is -2.50. The van der Waals surface area contributed by atoms with Gasteiger partial charge in [-0.2, -0.15) is 5.10 Å². The topological polar surface area (TPSA) is 93.5 Å². The molecule has 0 radical (unpaired) electrons. The fraction of sp³-hybridized carbons (Fsp3) is 0.182. The monoisotopic (exact) mass is 404 g/mol. The van der Waals surface area contributed by atoms with Gasteiger partial charge < -0.3 is 15.0 Å². The summed E-state index contributed by atoms with van der Waals surface area (Å²) in [4.78, 5) is 39.5. The minimum absolute atomic E-state index is 0.0509. The first kappa shape index (κ1) is 19.4. The third-order valence-corrected chi connectivity index (χ3v) is 4.89. The first-order valence-electron chi connectivity index (χ1n) is 9.42. The lowest BCUT2D eigenvalue weighted by molar-refractivity contribution is -0.120. The van der Waals surface area contributed by atoms with E-state index in [4.69, 9.17) is 4.74 Å². The van der Waals surface area contributed by atoms with Crippen molar-refractivity contribution in [3.63, 3.8) is 0 Å². The molecule has 0 bridgehead atoms. The van der Waals surface area contributed by atoms with Crippen LogP contribution in [-0.2, 0) is 4.79 Å². The number of carbonyl (C=O) groups is 2. The van der Waals surface area contributed by atoms with Crippen LogP contribution in [0.25, 0.3) is 5.69 Å². The minimum Gasteiger partial charge on any atom is -0.489 e. The molecule has 1 aliphatic rings. The van der Waals surface area contributed by atoms with Crippen LogP contribution in [-0.4, -0.2) is 41.3 Å². The fourth-order valence-electron chi connectivity index (χ4n) is 3.32. The van der Waals surface area contributed by atoms with Crippen LogP contribution in [0, 0.1) is 6.92 Å². The molecule has 0 unspecified atom stereocenters. The van der Waals surface area contributed by atoms with Crippen molar-refractivity contribution in [1.29, 1.82) is 0 Å². The Bertz CT molecular complexity index is 1170. The molecule has 0 fully saturated rings. The van der Waals surface area contributed by atoms with Gasteiger partial charge in [-0.1, -0.05) is 30.3 Å². The molecule has 1 atom stereocenters. The Morgan fingerprint density at radius 1 is 1.10 bits per heavy atom. The van der Waals surface area contributed by atoms with Gasteiger partial charge in [0, 0.05) is 18.8 Å². The number of likely N-dealkylation sites (N-methyl/N-ethyl adjacent to an activating group) is 1. The molecule has 0 saturated carbocycles. The van der Waals surface area contributed by atoms with Crippen molar-refractivity contribution < 1.29 is 14.3 Å². The Kier molecular flexibility index (Phi) is 5.05. The van der Waals surface area contributed by atoms with Crippen LogP contribution in [0.1, 0.15) is 16.2 Å². The molecule has 8 heteroatoms. The number of hydrogen-bond donors (Lipinski definition) is 1. The van der Waals surface area contributed by atoms with Crippen molar-refractivity contribution >= 4 is 17.5 Å². The highest BCUT2D eigenvalue weighted by Gasteiger charge is 2.31. The van der Waals surface area contributed by atoms with Crippen LogP contribution in [0.3, 0.4) is 0 Å². The summed E-state index contributed by atoms with van der Waals surface area (Å²) in [6, 6.07) is 16.7. The zero-order chi connectivity index (χ0) is 21.3. The number of nitrogens with one attached hydrogen (secondary N) is 1. The van der Waals surface area contributed by atoms with Crippen LogP contribution in [0.4, 0.5) is 5.69 Å². The molecule has 0 aliphatic carbocycles. The van der Waals surface area contributed by atoms with Gasteiger partial charge >= 0.3 is 0 Å². The van der Waals surface area contributed by atoms with Crippen LogP contribution in [0.5, 0.6) is 5.75 Å². The molecule has 3 aromatic rings. The van der Waals surface area contributed by atoms with Crippen LogP contribution < -0.4 is 20.4 Å². The first-order chi connectivity index (χ1) is 14.5. The van der Waals surface area contributed by atoms with Crippen molar-refractivity contribution in [2.45, 2.75) is 13.0 Å². The number of hydrogen-bond acceptors (Lipinski definition) is 5. The maximum absolute atomic E-state index is 12.9. The van der Waals surface area contributed by atoms with E-state index >= 15 is 0 Å². The van der Waals surface area contributed by atoms with Crippen molar-refractivity contribution in [2.24, 2.45) is 0 Å². The van der Waals surface area contributed by atoms with Gasteiger partial charge in [-0.15, -0.1) is 0 Å². The molecule has 2 aromatic carbocycles. The minimum atomic E-state index is -0.956. The Morgan fingerprint density at radius 3 is 2.57 bits per heavy atom. The summed E-state index contributed by atoms with van der Waals surface area (Å²) in [5.41, 5.74) is 1.11. The van der Waals surface area contributed by atoms with Gasteiger partial charge in [-0.3, -0.25) is 14.4 Å². The normalized spacial score (nSPS) is 15.7. The van der Waals surface area contributed by atoms with Gasteiger partial charge in [0.2, 0.25) is 5.43 Å². The Hall–Kier alpha value is -3.94. The largest absolute Gasteiger partial charge is 0.489 e. The van der Waals surface area contributed by atoms with Gasteiger partial charge in [-0.05, 0) is 31.2 Å². The molecule has 1 aromatic heterocycles. The molecule has 0 saturated heterocycles. The summed E-state index contributed by atoms with van der Waals surface area (Å²) in [7, 11) is 1.61. The van der Waals surface area contributed by atoms with Gasteiger partial charge in [0.05, 0.1) is 11.4 Å². The number of fused-ring (bicyclic) bond motifs is 1. The van der Waals surface area contributed by atoms with Crippen molar-refractivity contribution in [1.82, 2.24) is 15.1 Å². The highest BCUT2D eigenvalue weighted by molar-refractivity contribution is 6.02. The van der Waals surface area contributed by atoms with Crippen molar-refractivity contribution in [2.75, 3.05) is 18.6 Å². The number of ether oxygens (including phenoxy) is 1. The lowest BCUT2D eigenvalue weighted by Gasteiger charge is -2.20. The SMILES string of the molecule is Cc1cc(=O)c(C(=O)N[C@H]2COc3ccccc3N(C)C2=O)nn1-c1ccccc1. The molecule has 1 aliphatic heterocycles. The number of para-hydroxylation sites is 3. The smallest absolute Gasteiger partial charge is 0.276 e. The Balaban J connectivity index is 1.62. The summed E-state index contributed by atoms with van der Waals surface area (Å²) >= 11 is 0. The van der Waals surface area contributed by atoms with Gasteiger partial charge in [0.1, 0.15) is 18.4 Å². The number of carbonyl (C=O) groups excluding carboxylic acids is 2. The average molecular weight is 404 g/mol. The van der Waals surface area contributed by atoms with Crippen LogP contribution in [0.15, 0.2) is 65.5 Å². The number of rotatable bonds is 3. The molecule has 152 valence electrons. The van der Waals surface area contributed by atoms with Crippen molar-refractivity contribution in [3.8, 4) is 11.4 Å².